The van der Waals surface area contributed by atoms with Gasteiger partial charge in [0.1, 0.15) is 5.78 Å². The molecule has 1 fully saturated rings. The number of carbonyl (C=O) groups is 1. The third-order valence-electron chi connectivity index (χ3n) is 2.66. The summed E-state index contributed by atoms with van der Waals surface area (Å²) in [5.41, 5.74) is 0. The van der Waals surface area contributed by atoms with Crippen LogP contribution in [0.1, 0.15) is 51.9 Å². The molecule has 1 aliphatic carbocycles. The monoisotopic (exact) mass is 154 g/mol. The minimum atomic E-state index is 0.497. The van der Waals surface area contributed by atoms with Crippen LogP contribution in [0.15, 0.2) is 0 Å². The first-order valence-corrected chi connectivity index (χ1v) is 4.84. The summed E-state index contributed by atoms with van der Waals surface area (Å²) in [7, 11) is 0. The first-order chi connectivity index (χ1) is 5.33. The van der Waals surface area contributed by atoms with Gasteiger partial charge in [-0.1, -0.05) is 32.6 Å². The van der Waals surface area contributed by atoms with Crippen LogP contribution in [-0.4, -0.2) is 5.78 Å². The number of ketones is 1. The van der Waals surface area contributed by atoms with Crippen molar-refractivity contribution in [1.29, 1.82) is 0 Å². The van der Waals surface area contributed by atoms with Crippen molar-refractivity contribution in [2.75, 3.05) is 0 Å². The van der Waals surface area contributed by atoms with Gasteiger partial charge in [-0.2, -0.15) is 0 Å². The van der Waals surface area contributed by atoms with E-state index in [1.54, 1.807) is 0 Å². The Morgan fingerprint density at radius 1 is 1.36 bits per heavy atom. The second kappa shape index (κ2) is 4.53. The lowest BCUT2D eigenvalue weighted by molar-refractivity contribution is -0.120. The van der Waals surface area contributed by atoms with Gasteiger partial charge in [0.25, 0.3) is 0 Å². The van der Waals surface area contributed by atoms with E-state index in [1.165, 1.54) is 25.7 Å². The maximum Gasteiger partial charge on any atom is 0.133 e. The molecule has 1 aliphatic rings. The van der Waals surface area contributed by atoms with Crippen molar-refractivity contribution < 1.29 is 4.79 Å². The molecule has 0 N–H and O–H groups in total. The largest absolute Gasteiger partial charge is 0.300 e. The molecule has 0 aromatic rings. The zero-order valence-electron chi connectivity index (χ0n) is 7.44. The quantitative estimate of drug-likeness (QED) is 0.567. The SMILES string of the molecule is CC[C@H]1CCCCCC(=O)C1. The van der Waals surface area contributed by atoms with Crippen LogP contribution in [0.4, 0.5) is 0 Å². The number of hydrogen-bond donors (Lipinski definition) is 0. The summed E-state index contributed by atoms with van der Waals surface area (Å²) in [4.78, 5) is 11.2. The molecule has 0 heterocycles. The van der Waals surface area contributed by atoms with Gasteiger partial charge in [-0.15, -0.1) is 0 Å². The Hall–Kier alpha value is -0.330. The lowest BCUT2D eigenvalue weighted by atomic mass is 9.89. The maximum atomic E-state index is 11.2. The minimum absolute atomic E-state index is 0.497. The van der Waals surface area contributed by atoms with Crippen LogP contribution in [0.5, 0.6) is 0 Å². The molecular formula is C10H18O. The Kier molecular flexibility index (Phi) is 3.61. The van der Waals surface area contributed by atoms with Gasteiger partial charge >= 0.3 is 0 Å². The van der Waals surface area contributed by atoms with Gasteiger partial charge in [-0.3, -0.25) is 4.79 Å². The van der Waals surface area contributed by atoms with Gasteiger partial charge in [0.2, 0.25) is 0 Å². The standard InChI is InChI=1S/C10H18O/c1-2-9-6-4-3-5-7-10(11)8-9/h9H,2-8H2,1H3/t9-/m0/s1. The lowest BCUT2D eigenvalue weighted by Gasteiger charge is -2.16. The molecular weight excluding hydrogens is 136 g/mol. The summed E-state index contributed by atoms with van der Waals surface area (Å²) in [6, 6.07) is 0. The first kappa shape index (κ1) is 8.76. The summed E-state index contributed by atoms with van der Waals surface area (Å²) < 4.78 is 0. The minimum Gasteiger partial charge on any atom is -0.300 e. The Morgan fingerprint density at radius 3 is 2.91 bits per heavy atom. The van der Waals surface area contributed by atoms with Crippen molar-refractivity contribution in [2.45, 2.75) is 51.9 Å². The number of Topliss-reactive ketones (excluding diaryl/α,β-unsaturated/α-hetero) is 1. The molecule has 64 valence electrons. The van der Waals surface area contributed by atoms with E-state index in [1.807, 2.05) is 0 Å². The van der Waals surface area contributed by atoms with Crippen LogP contribution in [0.3, 0.4) is 0 Å². The topological polar surface area (TPSA) is 17.1 Å². The van der Waals surface area contributed by atoms with E-state index in [-0.39, 0.29) is 0 Å². The number of hydrogen-bond acceptors (Lipinski definition) is 1. The fourth-order valence-electron chi connectivity index (χ4n) is 1.81. The molecule has 0 aromatic carbocycles. The summed E-state index contributed by atoms with van der Waals surface area (Å²) in [6.45, 7) is 2.19. The van der Waals surface area contributed by atoms with Gasteiger partial charge in [0.05, 0.1) is 0 Å². The molecule has 0 spiro atoms. The van der Waals surface area contributed by atoms with Crippen LogP contribution in [0.25, 0.3) is 0 Å². The molecule has 11 heavy (non-hydrogen) atoms. The fourth-order valence-corrected chi connectivity index (χ4v) is 1.81. The van der Waals surface area contributed by atoms with Crippen molar-refractivity contribution >= 4 is 5.78 Å². The van der Waals surface area contributed by atoms with Crippen molar-refractivity contribution in [3.63, 3.8) is 0 Å². The van der Waals surface area contributed by atoms with Crippen LogP contribution < -0.4 is 0 Å². The Morgan fingerprint density at radius 2 is 2.18 bits per heavy atom. The maximum absolute atomic E-state index is 11.2. The Balaban J connectivity index is 2.35. The molecule has 1 heteroatoms. The summed E-state index contributed by atoms with van der Waals surface area (Å²) >= 11 is 0. The summed E-state index contributed by atoms with van der Waals surface area (Å²) in [6.07, 6.45) is 7.91. The third kappa shape index (κ3) is 3.04. The average Bonchev–Trinajstić information content (AvgIpc) is 1.96. The highest BCUT2D eigenvalue weighted by molar-refractivity contribution is 5.78. The fraction of sp³-hybridized carbons (Fsp3) is 0.900. The number of carbonyl (C=O) groups excluding carboxylic acids is 1. The van der Waals surface area contributed by atoms with Crippen LogP contribution >= 0.6 is 0 Å². The highest BCUT2D eigenvalue weighted by Crippen LogP contribution is 2.22. The van der Waals surface area contributed by atoms with Gasteiger partial charge in [0.15, 0.2) is 0 Å². The second-order valence-electron chi connectivity index (χ2n) is 3.62. The normalized spacial score (nSPS) is 27.7. The van der Waals surface area contributed by atoms with E-state index in [4.69, 9.17) is 0 Å². The highest BCUT2D eigenvalue weighted by Gasteiger charge is 2.14. The Bertz CT molecular complexity index is 129. The van der Waals surface area contributed by atoms with E-state index in [0.29, 0.717) is 11.7 Å². The lowest BCUT2D eigenvalue weighted by Crippen LogP contribution is -2.10. The van der Waals surface area contributed by atoms with Gasteiger partial charge in [-0.05, 0) is 12.3 Å². The van der Waals surface area contributed by atoms with Crippen LogP contribution in [0, 0.1) is 5.92 Å². The molecule has 0 bridgehead atoms. The van der Waals surface area contributed by atoms with Crippen molar-refractivity contribution in [2.24, 2.45) is 5.92 Å². The van der Waals surface area contributed by atoms with E-state index >= 15 is 0 Å². The molecule has 1 rings (SSSR count). The van der Waals surface area contributed by atoms with Crippen molar-refractivity contribution in [3.05, 3.63) is 0 Å². The highest BCUT2D eigenvalue weighted by atomic mass is 16.1. The van der Waals surface area contributed by atoms with Gasteiger partial charge < -0.3 is 0 Å². The molecule has 0 aliphatic heterocycles. The number of rotatable bonds is 1. The molecule has 0 radical (unpaired) electrons. The van der Waals surface area contributed by atoms with E-state index < -0.39 is 0 Å². The van der Waals surface area contributed by atoms with Gasteiger partial charge in [-0.25, -0.2) is 0 Å². The van der Waals surface area contributed by atoms with Crippen molar-refractivity contribution in [1.82, 2.24) is 0 Å². The first-order valence-electron chi connectivity index (χ1n) is 4.84. The predicted molar refractivity (Wildman–Crippen MR) is 46.5 cm³/mol. The third-order valence-corrected chi connectivity index (χ3v) is 2.66. The Labute approximate surface area is 69.2 Å². The van der Waals surface area contributed by atoms with Crippen LogP contribution in [0.2, 0.25) is 0 Å². The van der Waals surface area contributed by atoms with Crippen LogP contribution in [-0.2, 0) is 4.79 Å². The molecule has 1 atom stereocenters. The molecule has 1 nitrogen and oxygen atoms in total. The summed E-state index contributed by atoms with van der Waals surface area (Å²) in [5.74, 6) is 1.19. The van der Waals surface area contributed by atoms with E-state index in [0.717, 1.165) is 19.3 Å². The second-order valence-corrected chi connectivity index (χ2v) is 3.62. The zero-order chi connectivity index (χ0) is 8.10. The van der Waals surface area contributed by atoms with E-state index in [9.17, 15) is 4.79 Å². The molecule has 0 saturated heterocycles. The molecule has 0 unspecified atom stereocenters. The van der Waals surface area contributed by atoms with Crippen molar-refractivity contribution in [3.8, 4) is 0 Å². The molecule has 0 aromatic heterocycles. The zero-order valence-corrected chi connectivity index (χ0v) is 7.44. The van der Waals surface area contributed by atoms with E-state index in [2.05, 4.69) is 6.92 Å². The van der Waals surface area contributed by atoms with Gasteiger partial charge in [0, 0.05) is 12.8 Å². The molecule has 0 amide bonds. The molecule has 1 saturated carbocycles. The summed E-state index contributed by atoms with van der Waals surface area (Å²) in [5, 5.41) is 0. The average molecular weight is 154 g/mol. The smallest absolute Gasteiger partial charge is 0.133 e. The predicted octanol–water partition coefficient (Wildman–Crippen LogP) is 2.94.